The quantitative estimate of drug-likeness (QED) is 0.684. The lowest BCUT2D eigenvalue weighted by molar-refractivity contribution is -0.139. The van der Waals surface area contributed by atoms with E-state index in [2.05, 4.69) is 29.7 Å². The Hall–Kier alpha value is -3.28. The van der Waals surface area contributed by atoms with Gasteiger partial charge in [0.05, 0.1) is 30.5 Å². The van der Waals surface area contributed by atoms with E-state index >= 15 is 0 Å². The number of amides is 2. The summed E-state index contributed by atoms with van der Waals surface area (Å²) < 4.78 is 5.33. The van der Waals surface area contributed by atoms with Gasteiger partial charge in [-0.2, -0.15) is 0 Å². The number of nitrogens with zero attached hydrogens (tertiary/aromatic N) is 1. The van der Waals surface area contributed by atoms with E-state index in [0.29, 0.717) is 17.8 Å². The summed E-state index contributed by atoms with van der Waals surface area (Å²) in [5, 5.41) is 5.70. The SMILES string of the molecule is CCOC(=O)C1=C(CN(C)c2ccc(CC)cc2)NC(=O)N[C@@H]1c1ccc(C)cc1. The molecule has 2 N–H and O–H groups in total. The standard InChI is InChI=1S/C24H29N3O3/c1-5-17-9-13-19(14-10-17)27(4)15-20-21(23(28)30-6-2)22(26-24(29)25-20)18-11-7-16(3)8-12-18/h7-14,22H,5-6,15H2,1-4H3,(H2,25,26,29)/t22-/m1/s1. The Kier molecular flexibility index (Phi) is 6.77. The van der Waals surface area contributed by atoms with Crippen LogP contribution in [0, 0.1) is 6.92 Å². The first kappa shape index (κ1) is 21.4. The third kappa shape index (κ3) is 4.82. The topological polar surface area (TPSA) is 70.7 Å². The molecule has 158 valence electrons. The average molecular weight is 408 g/mol. The first-order chi connectivity index (χ1) is 14.4. The number of esters is 1. The summed E-state index contributed by atoms with van der Waals surface area (Å²) in [6.07, 6.45) is 0.974. The highest BCUT2D eigenvalue weighted by atomic mass is 16.5. The van der Waals surface area contributed by atoms with Crippen LogP contribution in [0.15, 0.2) is 59.8 Å². The van der Waals surface area contributed by atoms with E-state index in [9.17, 15) is 9.59 Å². The van der Waals surface area contributed by atoms with Gasteiger partial charge in [-0.15, -0.1) is 0 Å². The molecular weight excluding hydrogens is 378 g/mol. The Labute approximate surface area is 177 Å². The number of rotatable bonds is 7. The molecule has 1 aliphatic heterocycles. The third-order valence-electron chi connectivity index (χ3n) is 5.24. The molecule has 0 saturated heterocycles. The molecule has 0 radical (unpaired) electrons. The zero-order valence-corrected chi connectivity index (χ0v) is 18.0. The van der Waals surface area contributed by atoms with E-state index in [-0.39, 0.29) is 12.6 Å². The van der Waals surface area contributed by atoms with Crippen LogP contribution < -0.4 is 15.5 Å². The van der Waals surface area contributed by atoms with Gasteiger partial charge >= 0.3 is 12.0 Å². The van der Waals surface area contributed by atoms with Crippen LogP contribution in [0.3, 0.4) is 0 Å². The van der Waals surface area contributed by atoms with Crippen molar-refractivity contribution < 1.29 is 14.3 Å². The van der Waals surface area contributed by atoms with Gasteiger partial charge in [0, 0.05) is 12.7 Å². The monoisotopic (exact) mass is 407 g/mol. The number of likely N-dealkylation sites (N-methyl/N-ethyl adjacent to an activating group) is 1. The van der Waals surface area contributed by atoms with Crippen molar-refractivity contribution in [3.8, 4) is 0 Å². The molecule has 1 aliphatic rings. The maximum atomic E-state index is 12.9. The maximum Gasteiger partial charge on any atom is 0.338 e. The van der Waals surface area contributed by atoms with Crippen molar-refractivity contribution in [2.75, 3.05) is 25.1 Å². The lowest BCUT2D eigenvalue weighted by Gasteiger charge is -2.31. The average Bonchev–Trinajstić information content (AvgIpc) is 2.74. The molecule has 1 heterocycles. The van der Waals surface area contributed by atoms with Gasteiger partial charge < -0.3 is 20.3 Å². The lowest BCUT2D eigenvalue weighted by Crippen LogP contribution is -2.48. The fraction of sp³-hybridized carbons (Fsp3) is 0.333. The third-order valence-corrected chi connectivity index (χ3v) is 5.24. The van der Waals surface area contributed by atoms with Gasteiger partial charge in [-0.25, -0.2) is 9.59 Å². The molecule has 6 heteroatoms. The van der Waals surface area contributed by atoms with E-state index < -0.39 is 12.0 Å². The Bertz CT molecular complexity index is 933. The second-order valence-electron chi connectivity index (χ2n) is 7.43. The van der Waals surface area contributed by atoms with Gasteiger partial charge in [0.2, 0.25) is 0 Å². The zero-order chi connectivity index (χ0) is 21.7. The Morgan fingerprint density at radius 3 is 2.33 bits per heavy atom. The molecule has 30 heavy (non-hydrogen) atoms. The smallest absolute Gasteiger partial charge is 0.338 e. The Morgan fingerprint density at radius 2 is 1.73 bits per heavy atom. The minimum Gasteiger partial charge on any atom is -0.463 e. The molecule has 2 aromatic rings. The number of carbonyl (C=O) groups is 2. The molecular formula is C24H29N3O3. The molecule has 0 bridgehead atoms. The zero-order valence-electron chi connectivity index (χ0n) is 18.0. The van der Waals surface area contributed by atoms with Crippen LogP contribution in [0.4, 0.5) is 10.5 Å². The molecule has 6 nitrogen and oxygen atoms in total. The summed E-state index contributed by atoms with van der Waals surface area (Å²) in [6.45, 7) is 6.52. The summed E-state index contributed by atoms with van der Waals surface area (Å²) in [5.41, 5.74) is 5.18. The summed E-state index contributed by atoms with van der Waals surface area (Å²) in [4.78, 5) is 27.3. The van der Waals surface area contributed by atoms with E-state index in [4.69, 9.17) is 4.74 Å². The van der Waals surface area contributed by atoms with Gasteiger partial charge in [0.15, 0.2) is 0 Å². The van der Waals surface area contributed by atoms with Crippen LogP contribution in [0.1, 0.15) is 36.6 Å². The highest BCUT2D eigenvalue weighted by Gasteiger charge is 2.34. The van der Waals surface area contributed by atoms with Crippen LogP contribution in [-0.4, -0.2) is 32.2 Å². The molecule has 0 fully saturated rings. The van der Waals surface area contributed by atoms with Gasteiger partial charge in [-0.3, -0.25) is 0 Å². The van der Waals surface area contributed by atoms with E-state index in [1.54, 1.807) is 6.92 Å². The minimum atomic E-state index is -0.565. The number of aryl methyl sites for hydroxylation is 2. The Morgan fingerprint density at radius 1 is 1.07 bits per heavy atom. The number of nitrogens with one attached hydrogen (secondary N) is 2. The highest BCUT2D eigenvalue weighted by Crippen LogP contribution is 2.29. The summed E-state index contributed by atoms with van der Waals surface area (Å²) in [5.74, 6) is -0.430. The molecule has 0 spiro atoms. The van der Waals surface area contributed by atoms with Crippen LogP contribution in [0.2, 0.25) is 0 Å². The molecule has 0 aliphatic carbocycles. The van der Waals surface area contributed by atoms with Gasteiger partial charge in [0.25, 0.3) is 0 Å². The second kappa shape index (κ2) is 9.48. The second-order valence-corrected chi connectivity index (χ2v) is 7.43. The van der Waals surface area contributed by atoms with E-state index in [1.165, 1.54) is 5.56 Å². The molecule has 0 unspecified atom stereocenters. The molecule has 2 amide bonds. The van der Waals surface area contributed by atoms with E-state index in [1.807, 2.05) is 55.3 Å². The van der Waals surface area contributed by atoms with Gasteiger partial charge in [-0.05, 0) is 43.5 Å². The van der Waals surface area contributed by atoms with Crippen LogP contribution >= 0.6 is 0 Å². The minimum absolute atomic E-state index is 0.262. The predicted molar refractivity (Wildman–Crippen MR) is 118 cm³/mol. The highest BCUT2D eigenvalue weighted by molar-refractivity contribution is 5.95. The number of urea groups is 1. The summed E-state index contributed by atoms with van der Waals surface area (Å²) >= 11 is 0. The maximum absolute atomic E-state index is 12.9. The lowest BCUT2D eigenvalue weighted by atomic mass is 9.94. The van der Waals surface area contributed by atoms with E-state index in [0.717, 1.165) is 23.2 Å². The van der Waals surface area contributed by atoms with Crippen molar-refractivity contribution in [2.45, 2.75) is 33.2 Å². The van der Waals surface area contributed by atoms with Gasteiger partial charge in [-0.1, -0.05) is 48.9 Å². The predicted octanol–water partition coefficient (Wildman–Crippen LogP) is 3.86. The molecule has 3 rings (SSSR count). The number of hydrogen-bond acceptors (Lipinski definition) is 4. The number of anilines is 1. The van der Waals surface area contributed by atoms with Crippen molar-refractivity contribution in [3.63, 3.8) is 0 Å². The van der Waals surface area contributed by atoms with Crippen molar-refractivity contribution in [1.29, 1.82) is 0 Å². The summed E-state index contributed by atoms with van der Waals surface area (Å²) in [7, 11) is 1.94. The van der Waals surface area contributed by atoms with Crippen molar-refractivity contribution >= 4 is 17.7 Å². The van der Waals surface area contributed by atoms with Gasteiger partial charge in [0.1, 0.15) is 0 Å². The molecule has 2 aromatic carbocycles. The number of ether oxygens (including phenoxy) is 1. The first-order valence-corrected chi connectivity index (χ1v) is 10.3. The normalized spacial score (nSPS) is 16.0. The van der Waals surface area contributed by atoms with Crippen LogP contribution in [0.25, 0.3) is 0 Å². The van der Waals surface area contributed by atoms with Crippen molar-refractivity contribution in [1.82, 2.24) is 10.6 Å². The van der Waals surface area contributed by atoms with Crippen molar-refractivity contribution in [3.05, 3.63) is 76.5 Å². The van der Waals surface area contributed by atoms with Crippen molar-refractivity contribution in [2.24, 2.45) is 0 Å². The first-order valence-electron chi connectivity index (χ1n) is 10.3. The largest absolute Gasteiger partial charge is 0.463 e. The molecule has 1 atom stereocenters. The van der Waals surface area contributed by atoms with Crippen LogP contribution in [0.5, 0.6) is 0 Å². The Balaban J connectivity index is 1.98. The number of carbonyl (C=O) groups excluding carboxylic acids is 2. The van der Waals surface area contributed by atoms with Crippen LogP contribution in [-0.2, 0) is 16.0 Å². The molecule has 0 aromatic heterocycles. The fourth-order valence-corrected chi connectivity index (χ4v) is 3.52. The molecule has 0 saturated carbocycles. The number of hydrogen-bond donors (Lipinski definition) is 2. The fourth-order valence-electron chi connectivity index (χ4n) is 3.52. The number of benzene rings is 2. The summed E-state index contributed by atoms with van der Waals surface area (Å²) in [6, 6.07) is 15.1.